The smallest absolute Gasteiger partial charge is 0.462 e. The Bertz CT molecular complexity index is 1860. The third kappa shape index (κ3) is 66.0. The number of aliphatic hydroxyl groups is 1. The van der Waals surface area contributed by atoms with E-state index < -0.39 is 97.5 Å². The molecular weight excluding hydrogens is 1200 g/mol. The average molecular weight is 1340 g/mol. The van der Waals surface area contributed by atoms with E-state index in [0.29, 0.717) is 25.7 Å². The predicted molar refractivity (Wildman–Crippen MR) is 367 cm³/mol. The van der Waals surface area contributed by atoms with Gasteiger partial charge in [0.1, 0.15) is 19.3 Å². The Kier molecular flexibility index (Phi) is 61.9. The summed E-state index contributed by atoms with van der Waals surface area (Å²) in [6.07, 6.45) is 52.3. The molecule has 0 aliphatic carbocycles. The molecule has 0 aromatic carbocycles. The molecule has 0 heterocycles. The Morgan fingerprint density at radius 2 is 0.593 bits per heavy atom. The van der Waals surface area contributed by atoms with Crippen molar-refractivity contribution >= 4 is 39.5 Å². The van der Waals surface area contributed by atoms with Crippen LogP contribution in [-0.2, 0) is 65.4 Å². The number of aliphatic hydroxyl groups excluding tert-OH is 1. The Morgan fingerprint density at radius 3 is 0.901 bits per heavy atom. The summed E-state index contributed by atoms with van der Waals surface area (Å²) in [6, 6.07) is 0. The van der Waals surface area contributed by atoms with E-state index in [9.17, 15) is 43.2 Å². The van der Waals surface area contributed by atoms with Gasteiger partial charge in [-0.3, -0.25) is 37.3 Å². The third-order valence-electron chi connectivity index (χ3n) is 16.1. The second kappa shape index (κ2) is 63.6. The van der Waals surface area contributed by atoms with Crippen molar-refractivity contribution in [1.82, 2.24) is 0 Å². The van der Waals surface area contributed by atoms with Crippen LogP contribution in [0.25, 0.3) is 0 Å². The van der Waals surface area contributed by atoms with E-state index in [1.165, 1.54) is 128 Å². The van der Waals surface area contributed by atoms with Crippen LogP contribution >= 0.6 is 15.6 Å². The number of allylic oxidation sites excluding steroid dienone is 4. The molecule has 0 rings (SSSR count). The van der Waals surface area contributed by atoms with Crippen LogP contribution in [0.5, 0.6) is 0 Å². The molecule has 2 unspecified atom stereocenters. The summed E-state index contributed by atoms with van der Waals surface area (Å²) >= 11 is 0. The van der Waals surface area contributed by atoms with Crippen molar-refractivity contribution in [2.45, 2.75) is 362 Å². The molecule has 0 aliphatic heterocycles. The molecule has 0 saturated carbocycles. The zero-order valence-electron chi connectivity index (χ0n) is 58.6. The number of carbonyl (C=O) groups excluding carboxylic acids is 4. The fourth-order valence-electron chi connectivity index (χ4n) is 10.4. The van der Waals surface area contributed by atoms with Crippen LogP contribution in [0, 0.1) is 11.8 Å². The number of unbranched alkanes of at least 4 members (excludes halogenated alkanes) is 36. The average Bonchev–Trinajstić information content (AvgIpc) is 3.33. The quantitative estimate of drug-likeness (QED) is 0.0169. The van der Waals surface area contributed by atoms with Gasteiger partial charge in [0.05, 0.1) is 26.4 Å². The lowest BCUT2D eigenvalue weighted by molar-refractivity contribution is -0.161. The van der Waals surface area contributed by atoms with Crippen LogP contribution in [0.3, 0.4) is 0 Å². The van der Waals surface area contributed by atoms with Gasteiger partial charge in [0.25, 0.3) is 0 Å². The number of rotatable bonds is 69. The van der Waals surface area contributed by atoms with Gasteiger partial charge in [-0.1, -0.05) is 291 Å². The molecule has 536 valence electrons. The van der Waals surface area contributed by atoms with Gasteiger partial charge in [-0.25, -0.2) is 9.13 Å². The number of ether oxygens (including phenoxy) is 4. The first-order chi connectivity index (χ1) is 43.9. The van der Waals surface area contributed by atoms with Crippen LogP contribution in [0.2, 0.25) is 0 Å². The molecule has 3 N–H and O–H groups in total. The molecule has 5 atom stereocenters. The summed E-state index contributed by atoms with van der Waals surface area (Å²) < 4.78 is 68.2. The van der Waals surface area contributed by atoms with E-state index in [1.807, 2.05) is 0 Å². The van der Waals surface area contributed by atoms with E-state index in [1.54, 1.807) is 0 Å². The van der Waals surface area contributed by atoms with Crippen molar-refractivity contribution in [3.63, 3.8) is 0 Å². The van der Waals surface area contributed by atoms with Gasteiger partial charge in [0.2, 0.25) is 0 Å². The van der Waals surface area contributed by atoms with E-state index >= 15 is 0 Å². The van der Waals surface area contributed by atoms with Crippen molar-refractivity contribution in [3.8, 4) is 0 Å². The maximum atomic E-state index is 13.0. The van der Waals surface area contributed by atoms with E-state index in [0.717, 1.165) is 134 Å². The minimum absolute atomic E-state index is 0.100. The molecule has 91 heavy (non-hydrogen) atoms. The predicted octanol–water partition coefficient (Wildman–Crippen LogP) is 20.3. The SMILES string of the molecule is CCCCCC/C=C\C=C/CCCCCCCC(=O)OC[C@H](COP(=O)(O)OC[C@@H](O)COP(=O)(O)OC[C@@H](COC(=O)CCCCCCCCC)OC(=O)CCCCCCCCCCCC(C)C)OC(=O)CCCCCCCCCCCCCCCCC(C)C. The highest BCUT2D eigenvalue weighted by molar-refractivity contribution is 7.47. The summed E-state index contributed by atoms with van der Waals surface area (Å²) in [7, 11) is -9.91. The fourth-order valence-corrected chi connectivity index (χ4v) is 12.0. The minimum atomic E-state index is -4.96. The normalized spacial score (nSPS) is 14.3. The lowest BCUT2D eigenvalue weighted by Gasteiger charge is -2.21. The van der Waals surface area contributed by atoms with Crippen LogP contribution in [0.15, 0.2) is 24.3 Å². The fraction of sp³-hybridized carbons (Fsp3) is 0.889. The van der Waals surface area contributed by atoms with Crippen molar-refractivity contribution < 1.29 is 80.2 Å². The van der Waals surface area contributed by atoms with Gasteiger partial charge >= 0.3 is 39.5 Å². The number of hydrogen-bond acceptors (Lipinski definition) is 15. The highest BCUT2D eigenvalue weighted by Gasteiger charge is 2.30. The van der Waals surface area contributed by atoms with Gasteiger partial charge in [-0.15, -0.1) is 0 Å². The number of hydrogen-bond donors (Lipinski definition) is 3. The summed E-state index contributed by atoms with van der Waals surface area (Å²) in [6.45, 7) is 9.45. The van der Waals surface area contributed by atoms with Crippen molar-refractivity contribution in [2.75, 3.05) is 39.6 Å². The summed E-state index contributed by atoms with van der Waals surface area (Å²) in [5.74, 6) is -0.629. The van der Waals surface area contributed by atoms with Crippen LogP contribution in [-0.4, -0.2) is 96.7 Å². The largest absolute Gasteiger partial charge is 0.472 e. The Hall–Kier alpha value is -2.46. The number of phosphoric ester groups is 2. The lowest BCUT2D eigenvalue weighted by Crippen LogP contribution is -2.30. The maximum Gasteiger partial charge on any atom is 0.472 e. The highest BCUT2D eigenvalue weighted by Crippen LogP contribution is 2.45. The molecule has 19 heteroatoms. The molecule has 0 aromatic rings. The van der Waals surface area contributed by atoms with E-state index in [-0.39, 0.29) is 25.7 Å². The monoisotopic (exact) mass is 1330 g/mol. The highest BCUT2D eigenvalue weighted by atomic mass is 31.2. The molecule has 0 spiro atoms. The second-order valence-electron chi connectivity index (χ2n) is 26.2. The Morgan fingerprint density at radius 1 is 0.341 bits per heavy atom. The van der Waals surface area contributed by atoms with E-state index in [4.69, 9.17) is 37.0 Å². The second-order valence-corrected chi connectivity index (χ2v) is 29.2. The molecule has 0 saturated heterocycles. The molecule has 0 amide bonds. The van der Waals surface area contributed by atoms with Crippen LogP contribution < -0.4 is 0 Å². The summed E-state index contributed by atoms with van der Waals surface area (Å²) in [4.78, 5) is 72.5. The van der Waals surface area contributed by atoms with Crippen LogP contribution in [0.4, 0.5) is 0 Å². The number of carbonyl (C=O) groups is 4. The molecule has 17 nitrogen and oxygen atoms in total. The molecule has 0 radical (unpaired) electrons. The standard InChI is InChI=1S/C72H136O17P2/c1-7-9-11-13-15-16-17-18-19-23-26-31-37-43-49-55-70(75)83-61-68(89-71(76)56-50-44-38-32-27-24-21-20-22-25-29-35-40-46-52-64(3)4)63-87-91(80,81)85-59-66(73)58-84-90(78,79)86-62-67(60-82-69(74)54-48-42-34-14-12-10-8-2)88-72(77)57-51-45-39-33-28-30-36-41-47-53-65(5)6/h16-19,64-68,73H,7-15,20-63H2,1-6H3,(H,78,79)(H,80,81)/b17-16-,19-18-/t66-,67+,68+/m0/s1. The zero-order valence-corrected chi connectivity index (χ0v) is 60.4. The summed E-state index contributed by atoms with van der Waals surface area (Å²) in [5, 5.41) is 10.6. The Labute approximate surface area is 554 Å². The minimum Gasteiger partial charge on any atom is -0.462 e. The first kappa shape index (κ1) is 88.5. The lowest BCUT2D eigenvalue weighted by atomic mass is 10.0. The third-order valence-corrected chi connectivity index (χ3v) is 18.0. The zero-order chi connectivity index (χ0) is 67.2. The van der Waals surface area contributed by atoms with Crippen molar-refractivity contribution in [1.29, 1.82) is 0 Å². The Balaban J connectivity index is 5.24. The summed E-state index contributed by atoms with van der Waals surface area (Å²) in [5.41, 5.74) is 0. The topological polar surface area (TPSA) is 237 Å². The van der Waals surface area contributed by atoms with Gasteiger partial charge in [-0.2, -0.15) is 0 Å². The maximum absolute atomic E-state index is 13.0. The molecule has 0 fully saturated rings. The molecule has 0 bridgehead atoms. The number of phosphoric acid groups is 2. The molecule has 0 aromatic heterocycles. The van der Waals surface area contributed by atoms with Gasteiger partial charge in [0, 0.05) is 25.7 Å². The van der Waals surface area contributed by atoms with Crippen molar-refractivity contribution in [2.24, 2.45) is 11.8 Å². The van der Waals surface area contributed by atoms with E-state index in [2.05, 4.69) is 65.8 Å². The van der Waals surface area contributed by atoms with Crippen molar-refractivity contribution in [3.05, 3.63) is 24.3 Å². The number of esters is 4. The van der Waals surface area contributed by atoms with Gasteiger partial charge in [-0.05, 0) is 63.2 Å². The first-order valence-corrected chi connectivity index (χ1v) is 39.8. The molecule has 0 aliphatic rings. The van der Waals surface area contributed by atoms with Gasteiger partial charge in [0.15, 0.2) is 12.2 Å². The first-order valence-electron chi connectivity index (χ1n) is 36.8. The molecular formula is C72H136O17P2. The van der Waals surface area contributed by atoms with Gasteiger partial charge < -0.3 is 33.8 Å². The van der Waals surface area contributed by atoms with Crippen LogP contribution in [0.1, 0.15) is 343 Å².